The number of hydrazone groups is 1. The number of ether oxygens (including phenoxy) is 1. The quantitative estimate of drug-likeness (QED) is 0.457. The number of alkyl halides is 3. The lowest BCUT2D eigenvalue weighted by molar-refractivity contribution is -0.137. The fraction of sp³-hybridized carbons (Fsp3) is 0.300. The van der Waals surface area contributed by atoms with Gasteiger partial charge in [0, 0.05) is 11.5 Å². The Morgan fingerprint density at radius 1 is 1.25 bits per heavy atom. The summed E-state index contributed by atoms with van der Waals surface area (Å²) >= 11 is 1.79. The molecule has 1 N–H and O–H groups in total. The van der Waals surface area contributed by atoms with Crippen molar-refractivity contribution >= 4 is 39.6 Å². The predicted octanol–water partition coefficient (Wildman–Crippen LogP) is 3.12. The minimum atomic E-state index is -4.65. The van der Waals surface area contributed by atoms with Crippen molar-refractivity contribution in [2.45, 2.75) is 12.3 Å². The highest BCUT2D eigenvalue weighted by Gasteiger charge is 2.32. The molecule has 1 heterocycles. The second kappa shape index (κ2) is 9.82. The molecule has 0 unspecified atom stereocenters. The summed E-state index contributed by atoms with van der Waals surface area (Å²) in [5, 5.41) is 3.80. The Morgan fingerprint density at radius 2 is 1.97 bits per heavy atom. The summed E-state index contributed by atoms with van der Waals surface area (Å²) in [7, 11) is -4.03. The van der Waals surface area contributed by atoms with Gasteiger partial charge in [0.25, 0.3) is 5.91 Å². The number of anilines is 1. The zero-order chi connectivity index (χ0) is 23.4. The van der Waals surface area contributed by atoms with Crippen LogP contribution in [0.2, 0.25) is 0 Å². The molecule has 2 aromatic carbocycles. The highest BCUT2D eigenvalue weighted by molar-refractivity contribution is 8.00. The van der Waals surface area contributed by atoms with Crippen molar-refractivity contribution in [1.82, 2.24) is 5.43 Å². The monoisotopic (exact) mass is 487 g/mol. The number of hydrogen-bond donors (Lipinski definition) is 1. The lowest BCUT2D eigenvalue weighted by Crippen LogP contribution is -2.39. The molecule has 1 aliphatic rings. The highest BCUT2D eigenvalue weighted by atomic mass is 32.2. The summed E-state index contributed by atoms with van der Waals surface area (Å²) in [5.41, 5.74) is 1.53. The van der Waals surface area contributed by atoms with Crippen molar-refractivity contribution in [3.8, 4) is 5.75 Å². The Morgan fingerprint density at radius 3 is 2.59 bits per heavy atom. The zero-order valence-electron chi connectivity index (χ0n) is 16.9. The first kappa shape index (κ1) is 23.9. The van der Waals surface area contributed by atoms with Crippen molar-refractivity contribution in [2.24, 2.45) is 5.10 Å². The van der Waals surface area contributed by atoms with E-state index in [0.29, 0.717) is 21.7 Å². The van der Waals surface area contributed by atoms with E-state index in [4.69, 9.17) is 4.74 Å². The zero-order valence-corrected chi connectivity index (χ0v) is 18.5. The maximum absolute atomic E-state index is 13.0. The standard InChI is InChI=1S/C20H20F3N3O4S2/c1-32(28,29)26(16-6-3-5-15(9-16)20(21,22)23)11-19(27)25-24-10-14-4-2-7-17(8-14)30-18-12-31-13-18/h2-10,18H,11-13H2,1H3,(H,25,27). The number of rotatable bonds is 8. The van der Waals surface area contributed by atoms with Gasteiger partial charge in [-0.05, 0) is 35.9 Å². The Balaban J connectivity index is 1.66. The van der Waals surface area contributed by atoms with Crippen molar-refractivity contribution in [3.63, 3.8) is 0 Å². The van der Waals surface area contributed by atoms with E-state index in [2.05, 4.69) is 10.5 Å². The molecular formula is C20H20F3N3O4S2. The number of halogens is 3. The summed E-state index contributed by atoms with van der Waals surface area (Å²) in [6, 6.07) is 10.8. The fourth-order valence-corrected chi connectivity index (χ4v) is 4.14. The third kappa shape index (κ3) is 6.63. The molecule has 0 saturated carbocycles. The number of carbonyl (C=O) groups excluding carboxylic acids is 1. The van der Waals surface area contributed by atoms with Gasteiger partial charge in [0.15, 0.2) is 0 Å². The molecule has 1 amide bonds. The number of thioether (sulfide) groups is 1. The highest BCUT2D eigenvalue weighted by Crippen LogP contribution is 2.32. The largest absolute Gasteiger partial charge is 0.489 e. The second-order valence-electron chi connectivity index (χ2n) is 6.96. The molecule has 172 valence electrons. The van der Waals surface area contributed by atoms with Crippen LogP contribution >= 0.6 is 11.8 Å². The summed E-state index contributed by atoms with van der Waals surface area (Å²) in [6.07, 6.45) is -2.32. The molecule has 0 aromatic heterocycles. The molecule has 1 saturated heterocycles. The average Bonchev–Trinajstić information content (AvgIpc) is 2.68. The Hall–Kier alpha value is -2.73. The normalized spacial score (nSPS) is 14.8. The van der Waals surface area contributed by atoms with Gasteiger partial charge in [-0.1, -0.05) is 18.2 Å². The number of sulfonamides is 1. The van der Waals surface area contributed by atoms with Crippen LogP contribution in [0.15, 0.2) is 53.6 Å². The number of nitrogens with one attached hydrogen (secondary N) is 1. The predicted molar refractivity (Wildman–Crippen MR) is 118 cm³/mol. The van der Waals surface area contributed by atoms with Crippen molar-refractivity contribution < 1.29 is 31.1 Å². The molecule has 32 heavy (non-hydrogen) atoms. The van der Waals surface area contributed by atoms with Gasteiger partial charge in [0.1, 0.15) is 18.4 Å². The molecule has 1 fully saturated rings. The van der Waals surface area contributed by atoms with E-state index in [9.17, 15) is 26.4 Å². The summed E-state index contributed by atoms with van der Waals surface area (Å²) in [5.74, 6) is 1.70. The van der Waals surface area contributed by atoms with E-state index in [1.54, 1.807) is 36.0 Å². The van der Waals surface area contributed by atoms with Crippen molar-refractivity contribution in [1.29, 1.82) is 0 Å². The van der Waals surface area contributed by atoms with Crippen LogP contribution in [0.5, 0.6) is 5.75 Å². The Labute approximate surface area is 187 Å². The van der Waals surface area contributed by atoms with E-state index in [1.807, 2.05) is 0 Å². The lowest BCUT2D eigenvalue weighted by atomic mass is 10.2. The molecule has 12 heteroatoms. The summed E-state index contributed by atoms with van der Waals surface area (Å²) in [6.45, 7) is -0.736. The van der Waals surface area contributed by atoms with Crippen molar-refractivity contribution in [3.05, 3.63) is 59.7 Å². The van der Waals surface area contributed by atoms with Gasteiger partial charge in [-0.2, -0.15) is 30.0 Å². The van der Waals surface area contributed by atoms with E-state index in [1.165, 1.54) is 12.3 Å². The maximum atomic E-state index is 13.0. The smallest absolute Gasteiger partial charge is 0.416 e. The number of benzene rings is 2. The first-order valence-corrected chi connectivity index (χ1v) is 12.3. The third-order valence-corrected chi connectivity index (χ3v) is 6.68. The first-order chi connectivity index (χ1) is 15.0. The molecule has 0 spiro atoms. The van der Waals surface area contributed by atoms with Gasteiger partial charge in [-0.25, -0.2) is 13.8 Å². The van der Waals surface area contributed by atoms with Crippen LogP contribution in [0.1, 0.15) is 11.1 Å². The first-order valence-electron chi connectivity index (χ1n) is 9.34. The molecule has 2 aromatic rings. The van der Waals surface area contributed by atoms with Crippen LogP contribution in [0.25, 0.3) is 0 Å². The Bertz CT molecular complexity index is 1100. The number of carbonyl (C=O) groups is 1. The SMILES string of the molecule is CS(=O)(=O)N(CC(=O)NN=Cc1cccc(OC2CSC2)c1)c1cccc(C(F)(F)F)c1. The fourth-order valence-electron chi connectivity index (χ4n) is 2.72. The van der Waals surface area contributed by atoms with Crippen LogP contribution in [-0.2, 0) is 21.0 Å². The van der Waals surface area contributed by atoms with Gasteiger partial charge in [0.05, 0.1) is 23.7 Å². The minimum absolute atomic E-state index is 0.171. The van der Waals surface area contributed by atoms with Crippen molar-refractivity contribution in [2.75, 3.05) is 28.6 Å². The van der Waals surface area contributed by atoms with Crippen LogP contribution in [0, 0.1) is 0 Å². The number of amides is 1. The van der Waals surface area contributed by atoms with E-state index >= 15 is 0 Å². The number of hydrogen-bond acceptors (Lipinski definition) is 6. The number of nitrogens with zero attached hydrogens (tertiary/aromatic N) is 2. The molecule has 0 bridgehead atoms. The van der Waals surface area contributed by atoms with Gasteiger partial charge in [0.2, 0.25) is 10.0 Å². The van der Waals surface area contributed by atoms with Gasteiger partial charge < -0.3 is 4.74 Å². The topological polar surface area (TPSA) is 88.1 Å². The second-order valence-corrected chi connectivity index (χ2v) is 9.94. The van der Waals surface area contributed by atoms with E-state index in [-0.39, 0.29) is 11.8 Å². The Kier molecular flexibility index (Phi) is 7.34. The average molecular weight is 488 g/mol. The van der Waals surface area contributed by atoms with Crippen LogP contribution in [-0.4, -0.2) is 50.9 Å². The summed E-state index contributed by atoms with van der Waals surface area (Å²) < 4.78 is 69.4. The van der Waals surface area contributed by atoms with Gasteiger partial charge >= 0.3 is 6.18 Å². The van der Waals surface area contributed by atoms with Crippen LogP contribution in [0.3, 0.4) is 0 Å². The van der Waals surface area contributed by atoms with Crippen LogP contribution in [0.4, 0.5) is 18.9 Å². The maximum Gasteiger partial charge on any atom is 0.416 e. The summed E-state index contributed by atoms with van der Waals surface area (Å²) in [4.78, 5) is 12.2. The molecule has 1 aliphatic heterocycles. The van der Waals surface area contributed by atoms with E-state index in [0.717, 1.165) is 29.9 Å². The molecule has 0 aliphatic carbocycles. The van der Waals surface area contributed by atoms with E-state index < -0.39 is 34.2 Å². The molecule has 7 nitrogen and oxygen atoms in total. The molecule has 3 rings (SSSR count). The molecule has 0 atom stereocenters. The van der Waals surface area contributed by atoms with Crippen LogP contribution < -0.4 is 14.5 Å². The van der Waals surface area contributed by atoms with Gasteiger partial charge in [-0.15, -0.1) is 0 Å². The third-order valence-electron chi connectivity index (χ3n) is 4.32. The lowest BCUT2D eigenvalue weighted by Gasteiger charge is -2.25. The molecule has 0 radical (unpaired) electrons. The minimum Gasteiger partial charge on any atom is -0.489 e. The molecular weight excluding hydrogens is 467 g/mol. The van der Waals surface area contributed by atoms with Gasteiger partial charge in [-0.3, -0.25) is 9.10 Å².